The van der Waals surface area contributed by atoms with E-state index in [-0.39, 0.29) is 17.8 Å². The van der Waals surface area contributed by atoms with Crippen molar-refractivity contribution in [2.24, 2.45) is 28.1 Å². The predicted molar refractivity (Wildman–Crippen MR) is 75.9 cm³/mol. The van der Waals surface area contributed by atoms with Gasteiger partial charge in [0, 0.05) is 12.6 Å². The van der Waals surface area contributed by atoms with E-state index in [2.05, 4.69) is 25.9 Å². The molecule has 3 N–H and O–H groups in total. The highest BCUT2D eigenvalue weighted by Crippen LogP contribution is 2.47. The van der Waals surface area contributed by atoms with Gasteiger partial charge in [-0.05, 0) is 38.5 Å². The summed E-state index contributed by atoms with van der Waals surface area (Å²) in [4.78, 5) is 14.7. The molecule has 19 heavy (non-hydrogen) atoms. The molecule has 5 nitrogen and oxygen atoms in total. The lowest BCUT2D eigenvalue weighted by molar-refractivity contribution is -0.146. The molecule has 0 aromatic heterocycles. The van der Waals surface area contributed by atoms with Crippen LogP contribution in [0.15, 0.2) is 5.16 Å². The van der Waals surface area contributed by atoms with Gasteiger partial charge in [-0.1, -0.05) is 25.9 Å². The second-order valence-electron chi connectivity index (χ2n) is 6.53. The summed E-state index contributed by atoms with van der Waals surface area (Å²) in [6.45, 7) is 11.0. The monoisotopic (exact) mass is 269 g/mol. The van der Waals surface area contributed by atoms with Crippen LogP contribution in [-0.4, -0.2) is 34.4 Å². The third-order valence-corrected chi connectivity index (χ3v) is 3.85. The number of oxime groups is 1. The summed E-state index contributed by atoms with van der Waals surface area (Å²) >= 11 is 0. The quantitative estimate of drug-likeness (QED) is 0.347. The molecule has 1 aliphatic rings. The minimum atomic E-state index is -0.784. The molecule has 1 saturated carbocycles. The van der Waals surface area contributed by atoms with Gasteiger partial charge in [0.05, 0.1) is 0 Å². The van der Waals surface area contributed by atoms with E-state index >= 15 is 0 Å². The highest BCUT2D eigenvalue weighted by molar-refractivity contribution is 6.07. The molecule has 1 aliphatic carbocycles. The SMILES string of the molecule is CC(C)CN(C(=O)C1(C(N)=NO)CC(C)C1)C(C)C. The summed E-state index contributed by atoms with van der Waals surface area (Å²) < 4.78 is 0. The topological polar surface area (TPSA) is 78.9 Å². The summed E-state index contributed by atoms with van der Waals surface area (Å²) in [6, 6.07) is 0.120. The molecular weight excluding hydrogens is 242 g/mol. The summed E-state index contributed by atoms with van der Waals surface area (Å²) in [5.41, 5.74) is 5.01. The van der Waals surface area contributed by atoms with Gasteiger partial charge < -0.3 is 15.8 Å². The Bertz CT molecular complexity index is 358. The maximum absolute atomic E-state index is 12.8. The van der Waals surface area contributed by atoms with Crippen molar-refractivity contribution in [2.75, 3.05) is 6.54 Å². The molecule has 0 heterocycles. The van der Waals surface area contributed by atoms with Crippen molar-refractivity contribution in [1.82, 2.24) is 4.90 Å². The maximum atomic E-state index is 12.8. The van der Waals surface area contributed by atoms with E-state index in [4.69, 9.17) is 10.9 Å². The Morgan fingerprint density at radius 3 is 2.26 bits per heavy atom. The minimum Gasteiger partial charge on any atom is -0.409 e. The van der Waals surface area contributed by atoms with Gasteiger partial charge in [0.25, 0.3) is 0 Å². The van der Waals surface area contributed by atoms with Crippen molar-refractivity contribution in [3.8, 4) is 0 Å². The summed E-state index contributed by atoms with van der Waals surface area (Å²) in [5.74, 6) is 0.903. The zero-order valence-corrected chi connectivity index (χ0v) is 12.7. The number of amidine groups is 1. The van der Waals surface area contributed by atoms with Gasteiger partial charge in [-0.15, -0.1) is 0 Å². The van der Waals surface area contributed by atoms with Gasteiger partial charge in [0.2, 0.25) is 5.91 Å². The fourth-order valence-corrected chi connectivity index (χ4v) is 2.92. The number of amides is 1. The van der Waals surface area contributed by atoms with Crippen LogP contribution in [0.4, 0.5) is 0 Å². The number of carbonyl (C=O) groups is 1. The van der Waals surface area contributed by atoms with Gasteiger partial charge in [-0.25, -0.2) is 0 Å². The Morgan fingerprint density at radius 2 is 1.95 bits per heavy atom. The smallest absolute Gasteiger partial charge is 0.236 e. The predicted octanol–water partition coefficient (Wildman–Crippen LogP) is 2.04. The number of rotatable bonds is 5. The third kappa shape index (κ3) is 3.01. The van der Waals surface area contributed by atoms with Crippen molar-refractivity contribution in [1.29, 1.82) is 0 Å². The first-order chi connectivity index (χ1) is 8.74. The average Bonchev–Trinajstić information content (AvgIpc) is 2.29. The maximum Gasteiger partial charge on any atom is 0.236 e. The van der Waals surface area contributed by atoms with Crippen LogP contribution in [0.1, 0.15) is 47.5 Å². The zero-order valence-electron chi connectivity index (χ0n) is 12.7. The van der Waals surface area contributed by atoms with Crippen molar-refractivity contribution >= 4 is 11.7 Å². The molecular formula is C14H27N3O2. The number of carbonyl (C=O) groups excluding carboxylic acids is 1. The van der Waals surface area contributed by atoms with E-state index in [0.717, 1.165) is 0 Å². The highest BCUT2D eigenvalue weighted by atomic mass is 16.4. The average molecular weight is 269 g/mol. The van der Waals surface area contributed by atoms with E-state index in [0.29, 0.717) is 31.2 Å². The largest absolute Gasteiger partial charge is 0.409 e. The Hall–Kier alpha value is -1.26. The fourth-order valence-electron chi connectivity index (χ4n) is 2.92. The lowest BCUT2D eigenvalue weighted by atomic mass is 9.61. The second kappa shape index (κ2) is 5.80. The van der Waals surface area contributed by atoms with Crippen LogP contribution in [0, 0.1) is 17.3 Å². The normalized spacial score (nSPS) is 27.5. The van der Waals surface area contributed by atoms with Crippen LogP contribution >= 0.6 is 0 Å². The fraction of sp³-hybridized carbons (Fsp3) is 0.857. The summed E-state index contributed by atoms with van der Waals surface area (Å²) in [6.07, 6.45) is 1.34. The van der Waals surface area contributed by atoms with Gasteiger partial charge in [0.1, 0.15) is 5.41 Å². The highest BCUT2D eigenvalue weighted by Gasteiger charge is 2.54. The van der Waals surface area contributed by atoms with Crippen LogP contribution in [0.2, 0.25) is 0 Å². The molecule has 0 saturated heterocycles. The summed E-state index contributed by atoms with van der Waals surface area (Å²) in [5, 5.41) is 12.1. The first-order valence-electron chi connectivity index (χ1n) is 7.03. The number of hydrogen-bond donors (Lipinski definition) is 2. The van der Waals surface area contributed by atoms with E-state index in [1.807, 2.05) is 18.7 Å². The Balaban J connectivity index is 2.99. The zero-order chi connectivity index (χ0) is 14.8. The van der Waals surface area contributed by atoms with Gasteiger partial charge >= 0.3 is 0 Å². The molecule has 0 spiro atoms. The molecule has 110 valence electrons. The molecule has 5 heteroatoms. The lowest BCUT2D eigenvalue weighted by Gasteiger charge is -2.47. The first-order valence-corrected chi connectivity index (χ1v) is 7.03. The summed E-state index contributed by atoms with van der Waals surface area (Å²) in [7, 11) is 0. The molecule has 0 atom stereocenters. The Morgan fingerprint density at radius 1 is 1.42 bits per heavy atom. The van der Waals surface area contributed by atoms with Crippen molar-refractivity contribution < 1.29 is 10.0 Å². The Labute approximate surface area is 115 Å². The number of hydrogen-bond acceptors (Lipinski definition) is 3. The lowest BCUT2D eigenvalue weighted by Crippen LogP contribution is -2.59. The third-order valence-electron chi connectivity index (χ3n) is 3.85. The van der Waals surface area contributed by atoms with Gasteiger partial charge in [-0.2, -0.15) is 0 Å². The number of nitrogens with zero attached hydrogens (tertiary/aromatic N) is 2. The van der Waals surface area contributed by atoms with E-state index < -0.39 is 5.41 Å². The van der Waals surface area contributed by atoms with Gasteiger partial charge in [-0.3, -0.25) is 4.79 Å². The molecule has 0 unspecified atom stereocenters. The molecule has 0 bridgehead atoms. The van der Waals surface area contributed by atoms with E-state index in [1.165, 1.54) is 0 Å². The van der Waals surface area contributed by atoms with Crippen molar-refractivity contribution in [3.63, 3.8) is 0 Å². The van der Waals surface area contributed by atoms with Crippen LogP contribution < -0.4 is 5.73 Å². The molecule has 0 radical (unpaired) electrons. The standard InChI is InChI=1S/C14H27N3O2/c1-9(2)8-17(10(3)4)13(18)14(12(15)16-19)6-11(5)7-14/h9-11,19H,6-8H2,1-5H3,(H2,15,16). The Kier molecular flexibility index (Phi) is 4.82. The molecule has 1 rings (SSSR count). The van der Waals surface area contributed by atoms with E-state index in [1.54, 1.807) is 0 Å². The molecule has 0 aromatic carbocycles. The minimum absolute atomic E-state index is 0.00426. The molecule has 0 aromatic rings. The van der Waals surface area contributed by atoms with Crippen LogP contribution in [0.25, 0.3) is 0 Å². The van der Waals surface area contributed by atoms with E-state index in [9.17, 15) is 4.79 Å². The van der Waals surface area contributed by atoms with Crippen LogP contribution in [-0.2, 0) is 4.79 Å². The van der Waals surface area contributed by atoms with Crippen molar-refractivity contribution in [3.05, 3.63) is 0 Å². The molecule has 0 aliphatic heterocycles. The second-order valence-corrected chi connectivity index (χ2v) is 6.53. The number of nitrogens with two attached hydrogens (primary N) is 1. The first kappa shape index (κ1) is 15.8. The molecule has 1 fully saturated rings. The van der Waals surface area contributed by atoms with Crippen LogP contribution in [0.5, 0.6) is 0 Å². The van der Waals surface area contributed by atoms with Gasteiger partial charge in [0.15, 0.2) is 5.84 Å². The van der Waals surface area contributed by atoms with Crippen molar-refractivity contribution in [2.45, 2.75) is 53.5 Å². The molecule has 1 amide bonds. The van der Waals surface area contributed by atoms with Crippen LogP contribution in [0.3, 0.4) is 0 Å².